The number of H-pyrrole nitrogens is 1. The molecule has 0 unspecified atom stereocenters. The topological polar surface area (TPSA) is 28.7 Å². The molecule has 80 valence electrons. The largest absolute Gasteiger partial charge is 0.345 e. The average Bonchev–Trinajstić information content (AvgIpc) is 2.89. The van der Waals surface area contributed by atoms with Gasteiger partial charge in [0.15, 0.2) is 0 Å². The second kappa shape index (κ2) is 3.91. The number of benzene rings is 1. The Hall–Kier alpha value is -1.35. The van der Waals surface area contributed by atoms with Gasteiger partial charge in [-0.15, -0.1) is 0 Å². The molecule has 0 atom stereocenters. The quantitative estimate of drug-likeness (QED) is 0.845. The van der Waals surface area contributed by atoms with Gasteiger partial charge in [-0.1, -0.05) is 22.0 Å². The van der Waals surface area contributed by atoms with E-state index in [1.807, 2.05) is 6.20 Å². The number of imidazole rings is 1. The number of allylic oxidation sites excluding steroid dienone is 1. The van der Waals surface area contributed by atoms with Crippen molar-refractivity contribution in [1.29, 1.82) is 0 Å². The van der Waals surface area contributed by atoms with Crippen LogP contribution in [0.5, 0.6) is 0 Å². The zero-order valence-corrected chi connectivity index (χ0v) is 10.3. The van der Waals surface area contributed by atoms with Crippen molar-refractivity contribution in [1.82, 2.24) is 9.97 Å². The van der Waals surface area contributed by atoms with E-state index in [2.05, 4.69) is 50.2 Å². The number of nitrogens with one attached hydrogen (secondary N) is 1. The zero-order chi connectivity index (χ0) is 11.0. The molecule has 0 saturated heterocycles. The molecule has 1 aromatic carbocycles. The minimum Gasteiger partial charge on any atom is -0.345 e. The van der Waals surface area contributed by atoms with E-state index in [9.17, 15) is 0 Å². The third kappa shape index (κ3) is 1.71. The first-order chi connectivity index (χ1) is 7.83. The predicted octanol–water partition coefficient (Wildman–Crippen LogP) is 3.66. The molecule has 1 heterocycles. The number of aromatic nitrogens is 2. The molecule has 2 nitrogen and oxygen atoms in total. The molecule has 1 aromatic heterocycles. The number of halogens is 1. The Kier molecular flexibility index (Phi) is 2.40. The van der Waals surface area contributed by atoms with Crippen LogP contribution in [-0.4, -0.2) is 9.97 Å². The second-order valence-electron chi connectivity index (χ2n) is 3.98. The summed E-state index contributed by atoms with van der Waals surface area (Å²) in [6, 6.07) is 6.50. The van der Waals surface area contributed by atoms with Crippen LogP contribution in [0.25, 0.3) is 11.6 Å². The highest BCUT2D eigenvalue weighted by Crippen LogP contribution is 2.34. The molecule has 0 amide bonds. The minimum absolute atomic E-state index is 1.07. The van der Waals surface area contributed by atoms with Gasteiger partial charge in [0.1, 0.15) is 0 Å². The van der Waals surface area contributed by atoms with E-state index < -0.39 is 0 Å². The lowest BCUT2D eigenvalue weighted by Gasteiger charge is -2.00. The second-order valence-corrected chi connectivity index (χ2v) is 4.89. The van der Waals surface area contributed by atoms with Crippen LogP contribution in [-0.2, 0) is 6.42 Å². The number of fused-ring (bicyclic) bond motifs is 1. The Balaban J connectivity index is 2.03. The van der Waals surface area contributed by atoms with Crippen molar-refractivity contribution >= 4 is 27.6 Å². The van der Waals surface area contributed by atoms with Crippen LogP contribution in [0.2, 0.25) is 0 Å². The summed E-state index contributed by atoms with van der Waals surface area (Å²) >= 11 is 3.51. The fourth-order valence-corrected chi connectivity index (χ4v) is 2.58. The standard InChI is InChI=1S/C13H11BrN2/c14-11-3-4-13-9(5-11)1-2-10(13)6-12-7-15-8-16-12/h3-8H,1-2H2,(H,15,16)/b10-6+. The van der Waals surface area contributed by atoms with Gasteiger partial charge in [-0.05, 0) is 47.8 Å². The highest BCUT2D eigenvalue weighted by Gasteiger charge is 2.15. The van der Waals surface area contributed by atoms with E-state index in [0.29, 0.717) is 0 Å². The van der Waals surface area contributed by atoms with Gasteiger partial charge in [0.2, 0.25) is 0 Å². The number of hydrogen-bond acceptors (Lipinski definition) is 1. The highest BCUT2D eigenvalue weighted by molar-refractivity contribution is 9.10. The van der Waals surface area contributed by atoms with E-state index >= 15 is 0 Å². The summed E-state index contributed by atoms with van der Waals surface area (Å²) < 4.78 is 1.16. The van der Waals surface area contributed by atoms with Gasteiger partial charge in [0.25, 0.3) is 0 Å². The van der Waals surface area contributed by atoms with Crippen molar-refractivity contribution in [2.75, 3.05) is 0 Å². The molecular weight excluding hydrogens is 264 g/mol. The Morgan fingerprint density at radius 3 is 3.06 bits per heavy atom. The summed E-state index contributed by atoms with van der Waals surface area (Å²) in [4.78, 5) is 7.14. The SMILES string of the molecule is Brc1ccc2c(c1)CC/C2=C\c1cnc[nH]1. The van der Waals surface area contributed by atoms with Crippen LogP contribution in [0.3, 0.4) is 0 Å². The number of aryl methyl sites for hydroxylation is 1. The molecule has 0 aliphatic heterocycles. The summed E-state index contributed by atoms with van der Waals surface area (Å²) in [5, 5.41) is 0. The first-order valence-electron chi connectivity index (χ1n) is 5.31. The smallest absolute Gasteiger partial charge is 0.0924 e. The zero-order valence-electron chi connectivity index (χ0n) is 8.70. The maximum Gasteiger partial charge on any atom is 0.0924 e. The van der Waals surface area contributed by atoms with E-state index in [1.54, 1.807) is 6.33 Å². The van der Waals surface area contributed by atoms with E-state index in [-0.39, 0.29) is 0 Å². The van der Waals surface area contributed by atoms with Gasteiger partial charge in [-0.3, -0.25) is 0 Å². The lowest BCUT2D eigenvalue weighted by molar-refractivity contribution is 1.08. The van der Waals surface area contributed by atoms with Crippen LogP contribution < -0.4 is 0 Å². The Labute approximate surface area is 103 Å². The molecule has 0 radical (unpaired) electrons. The molecule has 1 aliphatic rings. The molecule has 16 heavy (non-hydrogen) atoms. The van der Waals surface area contributed by atoms with Gasteiger partial charge in [0, 0.05) is 4.47 Å². The molecule has 3 heteroatoms. The molecule has 0 spiro atoms. The first kappa shape index (κ1) is 9.85. The Morgan fingerprint density at radius 1 is 1.31 bits per heavy atom. The molecular formula is C13H11BrN2. The van der Waals surface area contributed by atoms with Gasteiger partial charge in [-0.2, -0.15) is 0 Å². The monoisotopic (exact) mass is 274 g/mol. The van der Waals surface area contributed by atoms with Gasteiger partial charge in [0.05, 0.1) is 18.2 Å². The van der Waals surface area contributed by atoms with E-state index in [0.717, 1.165) is 23.0 Å². The lowest BCUT2D eigenvalue weighted by atomic mass is 10.1. The summed E-state index contributed by atoms with van der Waals surface area (Å²) in [6.45, 7) is 0. The van der Waals surface area contributed by atoms with Crippen molar-refractivity contribution in [3.05, 3.63) is 52.0 Å². The van der Waals surface area contributed by atoms with Gasteiger partial charge < -0.3 is 4.98 Å². The Bertz CT molecular complexity index is 541. The van der Waals surface area contributed by atoms with Crippen LogP contribution in [0, 0.1) is 0 Å². The predicted molar refractivity (Wildman–Crippen MR) is 68.9 cm³/mol. The fourth-order valence-electron chi connectivity index (χ4n) is 2.17. The Morgan fingerprint density at radius 2 is 2.25 bits per heavy atom. The maximum absolute atomic E-state index is 4.03. The summed E-state index contributed by atoms with van der Waals surface area (Å²) in [6.07, 6.45) is 8.00. The van der Waals surface area contributed by atoms with Crippen LogP contribution in [0.15, 0.2) is 35.2 Å². The maximum atomic E-state index is 4.03. The summed E-state index contributed by atoms with van der Waals surface area (Å²) in [5.41, 5.74) is 5.27. The fraction of sp³-hybridized carbons (Fsp3) is 0.154. The molecule has 0 fully saturated rings. The average molecular weight is 275 g/mol. The molecule has 3 rings (SSSR count). The van der Waals surface area contributed by atoms with Crippen LogP contribution in [0.4, 0.5) is 0 Å². The summed E-state index contributed by atoms with van der Waals surface area (Å²) in [5.74, 6) is 0. The van der Waals surface area contributed by atoms with E-state index in [4.69, 9.17) is 0 Å². The molecule has 2 aromatic rings. The van der Waals surface area contributed by atoms with Crippen molar-refractivity contribution in [2.24, 2.45) is 0 Å². The molecule has 1 N–H and O–H groups in total. The lowest BCUT2D eigenvalue weighted by Crippen LogP contribution is -1.80. The highest BCUT2D eigenvalue weighted by atomic mass is 79.9. The first-order valence-corrected chi connectivity index (χ1v) is 6.10. The van der Waals surface area contributed by atoms with E-state index in [1.165, 1.54) is 16.7 Å². The normalized spacial score (nSPS) is 16.7. The van der Waals surface area contributed by atoms with Gasteiger partial charge in [-0.25, -0.2) is 4.98 Å². The minimum atomic E-state index is 1.07. The van der Waals surface area contributed by atoms with Crippen molar-refractivity contribution in [3.63, 3.8) is 0 Å². The van der Waals surface area contributed by atoms with Crippen LogP contribution >= 0.6 is 15.9 Å². The van der Waals surface area contributed by atoms with Crippen molar-refractivity contribution < 1.29 is 0 Å². The van der Waals surface area contributed by atoms with Crippen molar-refractivity contribution in [3.8, 4) is 0 Å². The van der Waals surface area contributed by atoms with Crippen molar-refractivity contribution in [2.45, 2.75) is 12.8 Å². The molecule has 1 aliphatic carbocycles. The number of aromatic amines is 1. The number of rotatable bonds is 1. The van der Waals surface area contributed by atoms with Crippen LogP contribution in [0.1, 0.15) is 23.2 Å². The summed E-state index contributed by atoms with van der Waals surface area (Å²) in [7, 11) is 0. The molecule has 0 bridgehead atoms. The van der Waals surface area contributed by atoms with Gasteiger partial charge >= 0.3 is 0 Å². The number of nitrogens with zero attached hydrogens (tertiary/aromatic N) is 1. The number of hydrogen-bond donors (Lipinski definition) is 1. The third-order valence-electron chi connectivity index (χ3n) is 2.93. The third-order valence-corrected chi connectivity index (χ3v) is 3.42. The molecule has 0 saturated carbocycles.